The van der Waals surface area contributed by atoms with Gasteiger partial charge in [-0.25, -0.2) is 0 Å². The van der Waals surface area contributed by atoms with Crippen LogP contribution >= 0.6 is 0 Å². The average Bonchev–Trinajstić information content (AvgIpc) is 3.12. The van der Waals surface area contributed by atoms with E-state index in [0.717, 1.165) is 23.3 Å². The van der Waals surface area contributed by atoms with E-state index in [1.54, 1.807) is 0 Å². The van der Waals surface area contributed by atoms with Gasteiger partial charge in [-0.1, -0.05) is 66.7 Å². The Morgan fingerprint density at radius 1 is 0.667 bits per heavy atom. The Labute approximate surface area is 157 Å². The van der Waals surface area contributed by atoms with Crippen molar-refractivity contribution >= 4 is 27.6 Å². The van der Waals surface area contributed by atoms with Crippen molar-refractivity contribution in [3.63, 3.8) is 0 Å². The van der Waals surface area contributed by atoms with Gasteiger partial charge in [0, 0.05) is 34.1 Å². The molecule has 2 heteroatoms. The molecule has 0 atom stereocenters. The number of nitrogens with one attached hydrogen (secondary N) is 1. The third kappa shape index (κ3) is 2.13. The summed E-state index contributed by atoms with van der Waals surface area (Å²) in [6.07, 6.45) is 0. The highest BCUT2D eigenvalue weighted by Gasteiger charge is 2.17. The summed E-state index contributed by atoms with van der Waals surface area (Å²) in [5.41, 5.74) is 9.32. The molecule has 0 amide bonds. The Bertz CT molecular complexity index is 1330. The van der Waals surface area contributed by atoms with Gasteiger partial charge < -0.3 is 9.73 Å². The number of anilines is 1. The van der Waals surface area contributed by atoms with Crippen LogP contribution in [0.25, 0.3) is 44.2 Å². The van der Waals surface area contributed by atoms with Gasteiger partial charge >= 0.3 is 0 Å². The summed E-state index contributed by atoms with van der Waals surface area (Å²) in [6.45, 7) is 0.863. The lowest BCUT2D eigenvalue weighted by Gasteiger charge is -2.22. The first-order chi connectivity index (χ1) is 13.4. The van der Waals surface area contributed by atoms with Crippen LogP contribution in [0.4, 0.5) is 5.69 Å². The molecule has 27 heavy (non-hydrogen) atoms. The first-order valence-electron chi connectivity index (χ1n) is 9.25. The van der Waals surface area contributed by atoms with Crippen molar-refractivity contribution in [3.8, 4) is 22.3 Å². The minimum Gasteiger partial charge on any atom is -0.455 e. The molecule has 6 rings (SSSR count). The van der Waals surface area contributed by atoms with Crippen LogP contribution in [0.1, 0.15) is 5.56 Å². The van der Waals surface area contributed by atoms with Gasteiger partial charge in [0.1, 0.15) is 11.2 Å². The smallest absolute Gasteiger partial charge is 0.143 e. The Morgan fingerprint density at radius 3 is 2.48 bits per heavy atom. The van der Waals surface area contributed by atoms with Gasteiger partial charge in [-0.3, -0.25) is 0 Å². The van der Waals surface area contributed by atoms with Crippen molar-refractivity contribution in [2.24, 2.45) is 0 Å². The quantitative estimate of drug-likeness (QED) is 0.359. The van der Waals surface area contributed by atoms with Crippen molar-refractivity contribution < 1.29 is 4.42 Å². The van der Waals surface area contributed by atoms with E-state index < -0.39 is 0 Å². The predicted octanol–water partition coefficient (Wildman–Crippen LogP) is 6.85. The molecule has 0 aliphatic carbocycles. The summed E-state index contributed by atoms with van der Waals surface area (Å²) < 4.78 is 6.24. The zero-order valence-corrected chi connectivity index (χ0v) is 14.7. The molecule has 0 fully saturated rings. The Balaban J connectivity index is 1.61. The second-order valence-electron chi connectivity index (χ2n) is 7.05. The Hall–Kier alpha value is -3.52. The van der Waals surface area contributed by atoms with Crippen LogP contribution < -0.4 is 5.32 Å². The van der Waals surface area contributed by atoms with Crippen molar-refractivity contribution in [2.45, 2.75) is 6.54 Å². The van der Waals surface area contributed by atoms with Crippen molar-refractivity contribution in [3.05, 3.63) is 90.5 Å². The minimum atomic E-state index is 0.863. The highest BCUT2D eigenvalue weighted by molar-refractivity contribution is 6.09. The van der Waals surface area contributed by atoms with Gasteiger partial charge in [0.05, 0.1) is 0 Å². The second-order valence-corrected chi connectivity index (χ2v) is 7.05. The van der Waals surface area contributed by atoms with Crippen LogP contribution in [0.5, 0.6) is 0 Å². The fourth-order valence-corrected chi connectivity index (χ4v) is 4.19. The van der Waals surface area contributed by atoms with Gasteiger partial charge in [-0.2, -0.15) is 0 Å². The maximum absolute atomic E-state index is 6.24. The number of fused-ring (bicyclic) bond motifs is 6. The highest BCUT2D eigenvalue weighted by atomic mass is 16.3. The molecule has 0 saturated heterocycles. The first kappa shape index (κ1) is 14.6. The fourth-order valence-electron chi connectivity index (χ4n) is 4.19. The molecule has 5 aromatic rings. The monoisotopic (exact) mass is 347 g/mol. The average molecular weight is 347 g/mol. The van der Waals surface area contributed by atoms with E-state index in [9.17, 15) is 0 Å². The number of hydrogen-bond donors (Lipinski definition) is 1. The molecule has 1 N–H and O–H groups in total. The van der Waals surface area contributed by atoms with E-state index >= 15 is 0 Å². The Morgan fingerprint density at radius 2 is 1.48 bits per heavy atom. The van der Waals surface area contributed by atoms with Gasteiger partial charge in [-0.15, -0.1) is 0 Å². The second kappa shape index (κ2) is 5.49. The third-order valence-electron chi connectivity index (χ3n) is 5.51. The molecule has 4 aromatic carbocycles. The SMILES string of the molecule is c1ccc2c(c1)NCc1ccc(-c3cccc4c3oc3ccccc34)cc1-2. The summed E-state index contributed by atoms with van der Waals surface area (Å²) >= 11 is 0. The largest absolute Gasteiger partial charge is 0.455 e. The Kier molecular flexibility index (Phi) is 2.97. The molecule has 0 spiro atoms. The molecule has 1 aliphatic heterocycles. The van der Waals surface area contributed by atoms with Gasteiger partial charge in [-0.05, 0) is 34.9 Å². The van der Waals surface area contributed by atoms with E-state index in [2.05, 4.69) is 78.1 Å². The predicted molar refractivity (Wildman–Crippen MR) is 112 cm³/mol. The topological polar surface area (TPSA) is 25.2 Å². The molecule has 0 radical (unpaired) electrons. The van der Waals surface area contributed by atoms with Crippen LogP contribution in [-0.4, -0.2) is 0 Å². The van der Waals surface area contributed by atoms with Gasteiger partial charge in [0.2, 0.25) is 0 Å². The molecule has 0 saturated carbocycles. The molecule has 128 valence electrons. The van der Waals surface area contributed by atoms with Gasteiger partial charge in [0.25, 0.3) is 0 Å². The number of hydrogen-bond acceptors (Lipinski definition) is 2. The summed E-state index contributed by atoms with van der Waals surface area (Å²) in [6, 6.07) is 29.9. The van der Waals surface area contributed by atoms with Crippen molar-refractivity contribution in [1.29, 1.82) is 0 Å². The highest BCUT2D eigenvalue weighted by Crippen LogP contribution is 2.40. The molecular formula is C25H17NO. The molecule has 2 heterocycles. The lowest BCUT2D eigenvalue weighted by atomic mass is 9.91. The molecule has 2 nitrogen and oxygen atoms in total. The fraction of sp³-hybridized carbons (Fsp3) is 0.0400. The molecule has 1 aromatic heterocycles. The minimum absolute atomic E-state index is 0.863. The number of rotatable bonds is 1. The van der Waals surface area contributed by atoms with E-state index in [1.807, 2.05) is 12.1 Å². The van der Waals surface area contributed by atoms with E-state index in [-0.39, 0.29) is 0 Å². The van der Waals surface area contributed by atoms with E-state index in [4.69, 9.17) is 4.42 Å². The molecule has 0 unspecified atom stereocenters. The van der Waals surface area contributed by atoms with Crippen LogP contribution in [0, 0.1) is 0 Å². The number of para-hydroxylation sites is 3. The van der Waals surface area contributed by atoms with Crippen molar-refractivity contribution in [2.75, 3.05) is 5.32 Å². The molecule has 0 bridgehead atoms. The number of benzene rings is 4. The third-order valence-corrected chi connectivity index (χ3v) is 5.51. The maximum atomic E-state index is 6.24. The lowest BCUT2D eigenvalue weighted by molar-refractivity contribution is 0.670. The standard InChI is InChI=1S/C25H17NO/c1-3-10-23-19(6-1)22-14-16(12-13-17(22)15-26-23)18-8-5-9-21-20-7-2-4-11-24(20)27-25(18)21/h1-14,26H,15H2. The van der Waals surface area contributed by atoms with Crippen LogP contribution in [-0.2, 0) is 6.54 Å². The summed E-state index contributed by atoms with van der Waals surface area (Å²) in [7, 11) is 0. The lowest BCUT2D eigenvalue weighted by Crippen LogP contribution is -2.08. The maximum Gasteiger partial charge on any atom is 0.143 e. The van der Waals surface area contributed by atoms with E-state index in [0.29, 0.717) is 0 Å². The summed E-state index contributed by atoms with van der Waals surface area (Å²) in [4.78, 5) is 0. The molecule has 1 aliphatic rings. The summed E-state index contributed by atoms with van der Waals surface area (Å²) in [5, 5.41) is 5.84. The van der Waals surface area contributed by atoms with Crippen LogP contribution in [0.15, 0.2) is 89.3 Å². The zero-order chi connectivity index (χ0) is 17.8. The molecular weight excluding hydrogens is 330 g/mol. The van der Waals surface area contributed by atoms with Crippen LogP contribution in [0.3, 0.4) is 0 Å². The first-order valence-corrected chi connectivity index (χ1v) is 9.25. The normalized spacial score (nSPS) is 12.6. The van der Waals surface area contributed by atoms with Crippen LogP contribution in [0.2, 0.25) is 0 Å². The zero-order valence-electron chi connectivity index (χ0n) is 14.7. The summed E-state index contributed by atoms with van der Waals surface area (Å²) in [5.74, 6) is 0. The van der Waals surface area contributed by atoms with Gasteiger partial charge in [0.15, 0.2) is 0 Å². The number of furan rings is 1. The van der Waals surface area contributed by atoms with E-state index in [1.165, 1.54) is 38.7 Å². The van der Waals surface area contributed by atoms with Crippen molar-refractivity contribution in [1.82, 2.24) is 0 Å².